The fourth-order valence-corrected chi connectivity index (χ4v) is 3.14. The molecule has 0 radical (unpaired) electrons. The van der Waals surface area contributed by atoms with E-state index in [0.717, 1.165) is 34.1 Å². The molecule has 0 aliphatic carbocycles. The third-order valence-corrected chi connectivity index (χ3v) is 4.45. The number of alkyl halides is 2. The maximum atomic E-state index is 12.9. The predicted molar refractivity (Wildman–Crippen MR) is 91.0 cm³/mol. The smallest absolute Gasteiger partial charge is 0.272 e. The van der Waals surface area contributed by atoms with Crippen molar-refractivity contribution in [1.82, 2.24) is 14.9 Å². The van der Waals surface area contributed by atoms with E-state index in [-0.39, 0.29) is 13.1 Å². The van der Waals surface area contributed by atoms with E-state index in [4.69, 9.17) is 5.73 Å². The van der Waals surface area contributed by atoms with Gasteiger partial charge in [0.15, 0.2) is 0 Å². The van der Waals surface area contributed by atoms with Crippen LogP contribution in [-0.4, -0.2) is 40.4 Å². The summed E-state index contributed by atoms with van der Waals surface area (Å²) in [4.78, 5) is 9.20. The summed E-state index contributed by atoms with van der Waals surface area (Å²) in [6.45, 7) is 0.404. The number of nitrogens with two attached hydrogens (primary N) is 1. The molecule has 1 aliphatic heterocycles. The minimum Gasteiger partial charge on any atom is -0.397 e. The molecule has 0 saturated carbocycles. The second kappa shape index (κ2) is 5.56. The van der Waals surface area contributed by atoms with Gasteiger partial charge in [-0.2, -0.15) is 0 Å². The predicted octanol–water partition coefficient (Wildman–Crippen LogP) is 3.31. The van der Waals surface area contributed by atoms with Gasteiger partial charge in [-0.3, -0.25) is 4.90 Å². The molecule has 0 bridgehead atoms. The number of likely N-dealkylation sites (tertiary alicyclic amines) is 1. The van der Waals surface area contributed by atoms with E-state index >= 15 is 0 Å². The molecule has 4 rings (SSSR count). The molecule has 1 fully saturated rings. The van der Waals surface area contributed by atoms with E-state index < -0.39 is 5.92 Å². The van der Waals surface area contributed by atoms with Gasteiger partial charge < -0.3 is 10.7 Å². The molecule has 3 heterocycles. The van der Waals surface area contributed by atoms with Crippen LogP contribution in [0.4, 0.5) is 14.5 Å². The molecule has 24 heavy (non-hydrogen) atoms. The Morgan fingerprint density at radius 2 is 2.04 bits per heavy atom. The highest BCUT2D eigenvalue weighted by Crippen LogP contribution is 2.28. The average Bonchev–Trinajstić information content (AvgIpc) is 2.92. The van der Waals surface area contributed by atoms with E-state index in [1.54, 1.807) is 11.1 Å². The summed E-state index contributed by atoms with van der Waals surface area (Å²) >= 11 is 0. The Morgan fingerprint density at radius 3 is 2.83 bits per heavy atom. The maximum Gasteiger partial charge on any atom is 0.272 e. The van der Waals surface area contributed by atoms with Crippen LogP contribution < -0.4 is 5.73 Å². The standard InChI is InChI=1S/C18H18F2N4/c19-18(20)10-24(11-18)5-4-12-2-1-3-13(6-12)14-7-15-16(21)9-23-17(15)22-8-14/h1-3,6-9H,4-5,10-11,21H2,(H,22,23). The number of pyridine rings is 1. The zero-order chi connectivity index (χ0) is 16.7. The highest BCUT2D eigenvalue weighted by atomic mass is 19.3. The third kappa shape index (κ3) is 2.85. The van der Waals surface area contributed by atoms with Crippen LogP contribution in [0.3, 0.4) is 0 Å². The van der Waals surface area contributed by atoms with Gasteiger partial charge in [0.2, 0.25) is 0 Å². The zero-order valence-electron chi connectivity index (χ0n) is 13.1. The molecule has 6 heteroatoms. The second-order valence-electron chi connectivity index (χ2n) is 6.38. The molecule has 0 atom stereocenters. The lowest BCUT2D eigenvalue weighted by Crippen LogP contribution is -2.56. The van der Waals surface area contributed by atoms with Gasteiger partial charge in [0.05, 0.1) is 18.8 Å². The zero-order valence-corrected chi connectivity index (χ0v) is 13.1. The summed E-state index contributed by atoms with van der Waals surface area (Å²) in [5.74, 6) is -2.50. The van der Waals surface area contributed by atoms with Crippen molar-refractivity contribution in [3.05, 3.63) is 48.3 Å². The molecule has 2 aromatic heterocycles. The first-order valence-electron chi connectivity index (χ1n) is 7.92. The molecule has 1 saturated heterocycles. The molecular formula is C18H18F2N4. The number of anilines is 1. The first kappa shape index (κ1) is 15.1. The monoisotopic (exact) mass is 328 g/mol. The Labute approximate surface area is 138 Å². The Hall–Kier alpha value is -2.47. The lowest BCUT2D eigenvalue weighted by atomic mass is 10.0. The molecular weight excluding hydrogens is 310 g/mol. The summed E-state index contributed by atoms with van der Waals surface area (Å²) in [6, 6.07) is 10.1. The van der Waals surface area contributed by atoms with Crippen molar-refractivity contribution in [3.8, 4) is 11.1 Å². The molecule has 3 N–H and O–H groups in total. The van der Waals surface area contributed by atoms with Gasteiger partial charge in [0, 0.05) is 29.9 Å². The van der Waals surface area contributed by atoms with Crippen molar-refractivity contribution in [1.29, 1.82) is 0 Å². The number of aromatic amines is 1. The third-order valence-electron chi connectivity index (χ3n) is 4.45. The fraction of sp³-hybridized carbons (Fsp3) is 0.278. The van der Waals surface area contributed by atoms with Crippen molar-refractivity contribution in [3.63, 3.8) is 0 Å². The quantitative estimate of drug-likeness (QED) is 0.772. The molecule has 1 aromatic carbocycles. The summed E-state index contributed by atoms with van der Waals surface area (Å²) in [6.07, 6.45) is 4.31. The number of rotatable bonds is 4. The van der Waals surface area contributed by atoms with E-state index in [9.17, 15) is 8.78 Å². The van der Waals surface area contributed by atoms with Gasteiger partial charge in [-0.25, -0.2) is 13.8 Å². The number of benzene rings is 1. The first-order valence-corrected chi connectivity index (χ1v) is 7.92. The summed E-state index contributed by atoms with van der Waals surface area (Å²) < 4.78 is 25.7. The topological polar surface area (TPSA) is 57.9 Å². The van der Waals surface area contributed by atoms with Crippen molar-refractivity contribution in [2.24, 2.45) is 0 Å². The first-order chi connectivity index (χ1) is 11.5. The molecule has 0 spiro atoms. The number of nitrogens with one attached hydrogen (secondary N) is 1. The summed E-state index contributed by atoms with van der Waals surface area (Å²) in [5.41, 5.74) is 10.6. The van der Waals surface area contributed by atoms with Crippen LogP contribution in [0.5, 0.6) is 0 Å². The number of nitrogens with zero attached hydrogens (tertiary/aromatic N) is 2. The summed E-state index contributed by atoms with van der Waals surface area (Å²) in [7, 11) is 0. The van der Waals surface area contributed by atoms with Crippen LogP contribution in [0.1, 0.15) is 5.56 Å². The molecule has 1 aliphatic rings. The van der Waals surface area contributed by atoms with E-state index in [1.807, 2.05) is 30.5 Å². The highest BCUT2D eigenvalue weighted by molar-refractivity contribution is 5.91. The SMILES string of the molecule is Nc1c[nH]c2ncc(-c3cccc(CCN4CC(F)(F)C4)c3)cc12. The van der Waals surface area contributed by atoms with Crippen molar-refractivity contribution in [2.45, 2.75) is 12.3 Å². The van der Waals surface area contributed by atoms with Crippen LogP contribution in [0.25, 0.3) is 22.2 Å². The largest absolute Gasteiger partial charge is 0.397 e. The normalized spacial score (nSPS) is 17.1. The molecule has 4 nitrogen and oxygen atoms in total. The van der Waals surface area contributed by atoms with Crippen molar-refractivity contribution >= 4 is 16.7 Å². The minimum atomic E-state index is -2.50. The number of hydrogen-bond acceptors (Lipinski definition) is 3. The number of fused-ring (bicyclic) bond motifs is 1. The van der Waals surface area contributed by atoms with Crippen LogP contribution in [0, 0.1) is 0 Å². The van der Waals surface area contributed by atoms with E-state index in [2.05, 4.69) is 16.0 Å². The molecule has 0 unspecified atom stereocenters. The van der Waals surface area contributed by atoms with Gasteiger partial charge in [0.25, 0.3) is 5.92 Å². The minimum absolute atomic E-state index is 0.125. The number of nitrogen functional groups attached to an aromatic ring is 1. The lowest BCUT2D eigenvalue weighted by Gasteiger charge is -2.38. The number of aromatic nitrogens is 2. The van der Waals surface area contributed by atoms with Crippen molar-refractivity contribution < 1.29 is 8.78 Å². The molecule has 0 amide bonds. The Balaban J connectivity index is 1.52. The summed E-state index contributed by atoms with van der Waals surface area (Å²) in [5, 5.41) is 0.903. The molecule has 3 aromatic rings. The van der Waals surface area contributed by atoms with Gasteiger partial charge in [-0.1, -0.05) is 24.3 Å². The Bertz CT molecular complexity index is 880. The Kier molecular flexibility index (Phi) is 3.49. The van der Waals surface area contributed by atoms with Crippen molar-refractivity contribution in [2.75, 3.05) is 25.4 Å². The van der Waals surface area contributed by atoms with E-state index in [1.165, 1.54) is 0 Å². The maximum absolute atomic E-state index is 12.9. The van der Waals surface area contributed by atoms with Crippen LogP contribution in [0.2, 0.25) is 0 Å². The van der Waals surface area contributed by atoms with Crippen LogP contribution in [-0.2, 0) is 6.42 Å². The lowest BCUT2D eigenvalue weighted by molar-refractivity contribution is -0.129. The number of halogens is 2. The van der Waals surface area contributed by atoms with E-state index in [0.29, 0.717) is 12.2 Å². The van der Waals surface area contributed by atoms with Gasteiger partial charge in [-0.05, 0) is 23.6 Å². The molecule has 124 valence electrons. The van der Waals surface area contributed by atoms with Gasteiger partial charge in [0.1, 0.15) is 5.65 Å². The van der Waals surface area contributed by atoms with Gasteiger partial charge >= 0.3 is 0 Å². The average molecular weight is 328 g/mol. The fourth-order valence-electron chi connectivity index (χ4n) is 3.14. The Morgan fingerprint density at radius 1 is 1.21 bits per heavy atom. The van der Waals surface area contributed by atoms with Crippen LogP contribution >= 0.6 is 0 Å². The number of hydrogen-bond donors (Lipinski definition) is 2. The van der Waals surface area contributed by atoms with Crippen LogP contribution in [0.15, 0.2) is 42.7 Å². The second-order valence-corrected chi connectivity index (χ2v) is 6.38. The number of H-pyrrole nitrogens is 1. The highest BCUT2D eigenvalue weighted by Gasteiger charge is 2.43. The van der Waals surface area contributed by atoms with Gasteiger partial charge in [-0.15, -0.1) is 0 Å².